The molecule has 0 aromatic carbocycles. The lowest BCUT2D eigenvalue weighted by Crippen LogP contribution is -1.73. The minimum Gasteiger partial charge on any atom is -0.262 e. The molecule has 0 aliphatic carbocycles. The summed E-state index contributed by atoms with van der Waals surface area (Å²) in [5.74, 6) is 0. The maximum absolute atomic E-state index is 4.02. The predicted octanol–water partition coefficient (Wildman–Crippen LogP) is 2.95. The highest BCUT2D eigenvalue weighted by molar-refractivity contribution is 5.72. The van der Waals surface area contributed by atoms with Crippen LogP contribution in [0.1, 0.15) is 27.2 Å². The Hall–Kier alpha value is -0.850. The molecule has 0 aromatic heterocycles. The van der Waals surface area contributed by atoms with Crippen molar-refractivity contribution in [3.05, 3.63) is 23.9 Å². The molecule has 10 heavy (non-hydrogen) atoms. The minimum absolute atomic E-state index is 0.847. The van der Waals surface area contributed by atoms with E-state index < -0.39 is 0 Å². The van der Waals surface area contributed by atoms with E-state index in [1.54, 1.807) is 6.21 Å². The van der Waals surface area contributed by atoms with Gasteiger partial charge in [-0.1, -0.05) is 19.1 Å². The van der Waals surface area contributed by atoms with Gasteiger partial charge in [0.1, 0.15) is 0 Å². The zero-order valence-corrected chi connectivity index (χ0v) is 7.02. The molecule has 0 spiro atoms. The van der Waals surface area contributed by atoms with E-state index in [0.717, 1.165) is 12.1 Å². The summed E-state index contributed by atoms with van der Waals surface area (Å²) in [5, 5.41) is 0. The molecular weight excluding hydrogens is 122 g/mol. The van der Waals surface area contributed by atoms with Gasteiger partial charge >= 0.3 is 0 Å². The summed E-state index contributed by atoms with van der Waals surface area (Å²) >= 11 is 0. The highest BCUT2D eigenvalue weighted by Gasteiger charge is 1.78. The first-order valence-corrected chi connectivity index (χ1v) is 3.52. The predicted molar refractivity (Wildman–Crippen MR) is 47.4 cm³/mol. The van der Waals surface area contributed by atoms with Crippen LogP contribution in [0.3, 0.4) is 0 Å². The molecule has 0 fully saturated rings. The first kappa shape index (κ1) is 9.15. The Morgan fingerprint density at radius 1 is 1.50 bits per heavy atom. The van der Waals surface area contributed by atoms with Crippen LogP contribution in [0, 0.1) is 0 Å². The third kappa shape index (κ3) is 5.29. The van der Waals surface area contributed by atoms with Crippen LogP contribution in [0.15, 0.2) is 28.9 Å². The van der Waals surface area contributed by atoms with E-state index in [0.29, 0.717) is 0 Å². The molecule has 0 atom stereocenters. The Labute approximate surface area is 63.2 Å². The van der Waals surface area contributed by atoms with Gasteiger partial charge in [-0.3, -0.25) is 4.99 Å². The van der Waals surface area contributed by atoms with Crippen LogP contribution in [0.25, 0.3) is 0 Å². The Bertz CT molecular complexity index is 164. The fourth-order valence-electron chi connectivity index (χ4n) is 0.410. The summed E-state index contributed by atoms with van der Waals surface area (Å²) in [4.78, 5) is 4.02. The van der Waals surface area contributed by atoms with Crippen molar-refractivity contribution in [3.63, 3.8) is 0 Å². The van der Waals surface area contributed by atoms with Crippen LogP contribution < -0.4 is 0 Å². The third-order valence-electron chi connectivity index (χ3n) is 1.21. The maximum Gasteiger partial charge on any atom is 0.0300 e. The number of hydrogen-bond acceptors (Lipinski definition) is 1. The molecular formula is C9H15N. The molecule has 0 unspecified atom stereocenters. The van der Waals surface area contributed by atoms with Crippen molar-refractivity contribution in [2.45, 2.75) is 27.2 Å². The topological polar surface area (TPSA) is 12.4 Å². The largest absolute Gasteiger partial charge is 0.262 e. The van der Waals surface area contributed by atoms with Gasteiger partial charge in [0.2, 0.25) is 0 Å². The van der Waals surface area contributed by atoms with E-state index >= 15 is 0 Å². The second kappa shape index (κ2) is 4.98. The summed E-state index contributed by atoms with van der Waals surface area (Å²) in [5.41, 5.74) is 2.19. The van der Waals surface area contributed by atoms with Crippen LogP contribution in [0.5, 0.6) is 0 Å². The molecule has 0 aliphatic heterocycles. The first-order valence-electron chi connectivity index (χ1n) is 3.52. The zero-order chi connectivity index (χ0) is 7.98. The lowest BCUT2D eigenvalue weighted by atomic mass is 10.2. The second-order valence-corrected chi connectivity index (χ2v) is 2.38. The van der Waals surface area contributed by atoms with Crippen LogP contribution in [0.2, 0.25) is 0 Å². The molecule has 0 aliphatic rings. The van der Waals surface area contributed by atoms with Gasteiger partial charge in [-0.25, -0.2) is 0 Å². The van der Waals surface area contributed by atoms with Gasteiger partial charge in [-0.2, -0.15) is 0 Å². The summed E-state index contributed by atoms with van der Waals surface area (Å²) in [6.07, 6.45) is 4.89. The number of allylic oxidation sites excluding steroid dienone is 3. The Kier molecular flexibility index (Phi) is 4.55. The normalized spacial score (nSPS) is 12.5. The van der Waals surface area contributed by atoms with Gasteiger partial charge < -0.3 is 0 Å². The summed E-state index contributed by atoms with van der Waals surface area (Å²) in [7, 11) is 0. The molecule has 56 valence electrons. The van der Waals surface area contributed by atoms with Gasteiger partial charge in [-0.05, 0) is 26.3 Å². The van der Waals surface area contributed by atoms with Crippen molar-refractivity contribution < 1.29 is 0 Å². The Balaban J connectivity index is 3.82. The van der Waals surface area contributed by atoms with Crippen LogP contribution in [-0.4, -0.2) is 6.21 Å². The molecule has 1 heteroatoms. The highest BCUT2D eigenvalue weighted by atomic mass is 14.7. The third-order valence-corrected chi connectivity index (χ3v) is 1.21. The van der Waals surface area contributed by atoms with Crippen molar-refractivity contribution in [2.24, 2.45) is 4.99 Å². The van der Waals surface area contributed by atoms with Gasteiger partial charge in [0.25, 0.3) is 0 Å². The summed E-state index contributed by atoms with van der Waals surface area (Å²) < 4.78 is 0. The lowest BCUT2D eigenvalue weighted by Gasteiger charge is -1.88. The van der Waals surface area contributed by atoms with Gasteiger partial charge in [0.15, 0.2) is 0 Å². The molecule has 0 bridgehead atoms. The van der Waals surface area contributed by atoms with E-state index in [4.69, 9.17) is 0 Å². The Morgan fingerprint density at radius 2 is 2.10 bits per heavy atom. The van der Waals surface area contributed by atoms with Gasteiger partial charge in [0, 0.05) is 11.9 Å². The fourth-order valence-corrected chi connectivity index (χ4v) is 0.410. The van der Waals surface area contributed by atoms with Crippen LogP contribution >= 0.6 is 0 Å². The van der Waals surface area contributed by atoms with Crippen LogP contribution in [0.4, 0.5) is 0 Å². The molecule has 0 radical (unpaired) electrons. The quantitative estimate of drug-likeness (QED) is 0.530. The lowest BCUT2D eigenvalue weighted by molar-refractivity contribution is 1.10. The Morgan fingerprint density at radius 3 is 2.50 bits per heavy atom. The van der Waals surface area contributed by atoms with E-state index in [9.17, 15) is 0 Å². The van der Waals surface area contributed by atoms with E-state index in [1.165, 1.54) is 5.57 Å². The van der Waals surface area contributed by atoms with Gasteiger partial charge in [0.05, 0.1) is 0 Å². The van der Waals surface area contributed by atoms with Crippen molar-refractivity contribution in [2.75, 3.05) is 0 Å². The molecule has 1 nitrogen and oxygen atoms in total. The molecule has 0 aromatic rings. The SMILES string of the molecule is C=C(C)N=C/C=C(\C)CC. The van der Waals surface area contributed by atoms with Crippen molar-refractivity contribution >= 4 is 6.21 Å². The molecule has 0 saturated heterocycles. The average Bonchev–Trinajstić information content (AvgIpc) is 1.87. The van der Waals surface area contributed by atoms with Crippen molar-refractivity contribution in [3.8, 4) is 0 Å². The zero-order valence-electron chi connectivity index (χ0n) is 7.02. The monoisotopic (exact) mass is 137 g/mol. The minimum atomic E-state index is 0.847. The van der Waals surface area contributed by atoms with Crippen LogP contribution in [-0.2, 0) is 0 Å². The summed E-state index contributed by atoms with van der Waals surface area (Å²) in [6, 6.07) is 0. The fraction of sp³-hybridized carbons (Fsp3) is 0.444. The molecule has 0 heterocycles. The molecule has 0 N–H and O–H groups in total. The number of aliphatic imine (C=N–C) groups is 1. The van der Waals surface area contributed by atoms with E-state index in [2.05, 4.69) is 25.4 Å². The first-order chi connectivity index (χ1) is 4.66. The average molecular weight is 137 g/mol. The number of nitrogens with zero attached hydrogens (tertiary/aromatic N) is 1. The van der Waals surface area contributed by atoms with Crippen molar-refractivity contribution in [1.82, 2.24) is 0 Å². The summed E-state index contributed by atoms with van der Waals surface area (Å²) in [6.45, 7) is 9.74. The van der Waals surface area contributed by atoms with E-state index in [-0.39, 0.29) is 0 Å². The molecule has 0 saturated carbocycles. The number of hydrogen-bond donors (Lipinski definition) is 0. The highest BCUT2D eigenvalue weighted by Crippen LogP contribution is 1.95. The standard InChI is InChI=1S/C9H15N/c1-5-9(4)6-7-10-8(2)3/h6-7H,2,5H2,1,3-4H3/b9-6+,10-7?. The smallest absolute Gasteiger partial charge is 0.0300 e. The van der Waals surface area contributed by atoms with Gasteiger partial charge in [-0.15, -0.1) is 0 Å². The van der Waals surface area contributed by atoms with Crippen molar-refractivity contribution in [1.29, 1.82) is 0 Å². The number of rotatable bonds is 3. The molecule has 0 amide bonds. The maximum atomic E-state index is 4.02. The molecule has 0 rings (SSSR count). The second-order valence-electron chi connectivity index (χ2n) is 2.38. The van der Waals surface area contributed by atoms with E-state index in [1.807, 2.05) is 13.0 Å².